The second-order valence-corrected chi connectivity index (χ2v) is 5.40. The van der Waals surface area contributed by atoms with Crippen LogP contribution >= 0.6 is 0 Å². The molecule has 0 bridgehead atoms. The van der Waals surface area contributed by atoms with Crippen LogP contribution in [0.15, 0.2) is 30.3 Å². The molecule has 1 unspecified atom stereocenters. The number of benzene rings is 1. The van der Waals surface area contributed by atoms with Gasteiger partial charge in [0.2, 0.25) is 0 Å². The number of ether oxygens (including phenoxy) is 1. The first-order valence-corrected chi connectivity index (χ1v) is 7.33. The molecule has 23 heavy (non-hydrogen) atoms. The van der Waals surface area contributed by atoms with E-state index in [0.29, 0.717) is 6.42 Å². The molecule has 2 N–H and O–H groups in total. The molecular weight excluding hydrogens is 311 g/mol. The van der Waals surface area contributed by atoms with Crippen molar-refractivity contribution in [1.82, 2.24) is 5.32 Å². The number of alkyl halides is 3. The third kappa shape index (κ3) is 3.84. The van der Waals surface area contributed by atoms with Crippen LogP contribution in [-0.2, 0) is 15.1 Å². The Bertz CT molecular complexity index is 507. The van der Waals surface area contributed by atoms with Crippen molar-refractivity contribution < 1.29 is 27.8 Å². The molecule has 0 radical (unpaired) electrons. The number of methoxy groups -OCH3 is 1. The minimum Gasteiger partial charge on any atom is -0.394 e. The lowest BCUT2D eigenvalue weighted by molar-refractivity contribution is -0.266. The van der Waals surface area contributed by atoms with Gasteiger partial charge in [-0.05, 0) is 5.92 Å². The fourth-order valence-corrected chi connectivity index (χ4v) is 2.35. The van der Waals surface area contributed by atoms with Crippen LogP contribution in [-0.4, -0.2) is 36.9 Å². The normalized spacial score (nSPS) is 17.2. The molecule has 0 aliphatic carbocycles. The second kappa shape index (κ2) is 7.79. The summed E-state index contributed by atoms with van der Waals surface area (Å²) in [6.07, 6.45) is -4.36. The van der Waals surface area contributed by atoms with E-state index in [1.807, 2.05) is 6.92 Å². The van der Waals surface area contributed by atoms with Gasteiger partial charge < -0.3 is 15.2 Å². The minimum atomic E-state index is -4.96. The summed E-state index contributed by atoms with van der Waals surface area (Å²) in [6.45, 7) is 3.11. The number of carbonyl (C=O) groups excluding carboxylic acids is 1. The molecule has 0 aliphatic rings. The van der Waals surface area contributed by atoms with E-state index in [0.717, 1.165) is 7.11 Å². The molecule has 0 fully saturated rings. The highest BCUT2D eigenvalue weighted by Crippen LogP contribution is 2.42. The zero-order valence-corrected chi connectivity index (χ0v) is 13.4. The first kappa shape index (κ1) is 19.4. The Kier molecular flexibility index (Phi) is 6.58. The second-order valence-electron chi connectivity index (χ2n) is 5.40. The van der Waals surface area contributed by atoms with E-state index in [9.17, 15) is 23.1 Å². The molecule has 1 aromatic carbocycles. The highest BCUT2D eigenvalue weighted by molar-refractivity contribution is 5.88. The third-order valence-corrected chi connectivity index (χ3v) is 4.05. The molecule has 0 saturated carbocycles. The van der Waals surface area contributed by atoms with Crippen LogP contribution in [0, 0.1) is 5.92 Å². The van der Waals surface area contributed by atoms with Gasteiger partial charge in [-0.15, -0.1) is 0 Å². The summed E-state index contributed by atoms with van der Waals surface area (Å²) < 4.78 is 45.8. The summed E-state index contributed by atoms with van der Waals surface area (Å²) >= 11 is 0. The number of hydrogen-bond donors (Lipinski definition) is 2. The van der Waals surface area contributed by atoms with E-state index >= 15 is 0 Å². The molecule has 0 aromatic heterocycles. The van der Waals surface area contributed by atoms with Crippen LogP contribution in [0.25, 0.3) is 0 Å². The Morgan fingerprint density at radius 2 is 1.87 bits per heavy atom. The van der Waals surface area contributed by atoms with Gasteiger partial charge in [-0.25, -0.2) is 0 Å². The molecule has 0 heterocycles. The van der Waals surface area contributed by atoms with Gasteiger partial charge in [-0.3, -0.25) is 4.79 Å². The molecular formula is C16H22F3NO3. The van der Waals surface area contributed by atoms with Crippen molar-refractivity contribution in [2.45, 2.75) is 38.1 Å². The van der Waals surface area contributed by atoms with Gasteiger partial charge in [-0.2, -0.15) is 13.2 Å². The average molecular weight is 333 g/mol. The number of carbonyl (C=O) groups is 1. The maximum absolute atomic E-state index is 13.7. The van der Waals surface area contributed by atoms with Crippen LogP contribution in [0.1, 0.15) is 25.8 Å². The molecule has 0 aliphatic heterocycles. The fraction of sp³-hybridized carbons (Fsp3) is 0.562. The highest BCUT2D eigenvalue weighted by Gasteiger charge is 2.62. The zero-order chi connectivity index (χ0) is 17.7. The third-order valence-electron chi connectivity index (χ3n) is 4.05. The van der Waals surface area contributed by atoms with Gasteiger partial charge in [-0.1, -0.05) is 50.6 Å². The van der Waals surface area contributed by atoms with Crippen LogP contribution in [0.3, 0.4) is 0 Å². The molecule has 0 saturated heterocycles. The van der Waals surface area contributed by atoms with Gasteiger partial charge in [0.1, 0.15) is 0 Å². The lowest BCUT2D eigenvalue weighted by atomic mass is 9.90. The summed E-state index contributed by atoms with van der Waals surface area (Å²) in [6, 6.07) is 5.95. The summed E-state index contributed by atoms with van der Waals surface area (Å²) in [5.74, 6) is -1.51. The van der Waals surface area contributed by atoms with Crippen LogP contribution in [0.4, 0.5) is 13.2 Å². The van der Waals surface area contributed by atoms with Crippen molar-refractivity contribution in [3.63, 3.8) is 0 Å². The van der Waals surface area contributed by atoms with E-state index < -0.39 is 30.3 Å². The largest absolute Gasteiger partial charge is 0.430 e. The number of rotatable bonds is 7. The summed E-state index contributed by atoms with van der Waals surface area (Å²) in [4.78, 5) is 12.5. The topological polar surface area (TPSA) is 58.6 Å². The van der Waals surface area contributed by atoms with E-state index in [2.05, 4.69) is 5.32 Å². The Morgan fingerprint density at radius 3 is 2.26 bits per heavy atom. The number of nitrogens with one attached hydrogen (secondary N) is 1. The predicted octanol–water partition coefficient (Wildman–Crippen LogP) is 2.61. The molecule has 0 spiro atoms. The van der Waals surface area contributed by atoms with Crippen molar-refractivity contribution in [2.24, 2.45) is 5.92 Å². The zero-order valence-electron chi connectivity index (χ0n) is 13.4. The number of aliphatic hydroxyl groups excluding tert-OH is 1. The monoisotopic (exact) mass is 333 g/mol. The Labute approximate surface area is 133 Å². The predicted molar refractivity (Wildman–Crippen MR) is 79.7 cm³/mol. The summed E-state index contributed by atoms with van der Waals surface area (Å²) in [7, 11) is 0.845. The maximum Gasteiger partial charge on any atom is 0.430 e. The molecule has 7 heteroatoms. The maximum atomic E-state index is 13.7. The van der Waals surface area contributed by atoms with Crippen molar-refractivity contribution in [3.05, 3.63) is 35.9 Å². The molecule has 1 rings (SSSR count). The summed E-state index contributed by atoms with van der Waals surface area (Å²) in [5.41, 5.74) is -3.43. The number of amides is 1. The van der Waals surface area contributed by atoms with Crippen molar-refractivity contribution in [2.75, 3.05) is 13.7 Å². The quantitative estimate of drug-likeness (QED) is 0.806. The van der Waals surface area contributed by atoms with Gasteiger partial charge in [0, 0.05) is 12.7 Å². The van der Waals surface area contributed by atoms with Gasteiger partial charge in [0.05, 0.1) is 12.6 Å². The Morgan fingerprint density at radius 1 is 1.30 bits per heavy atom. The van der Waals surface area contributed by atoms with Crippen molar-refractivity contribution in [3.8, 4) is 0 Å². The van der Waals surface area contributed by atoms with Gasteiger partial charge in [0.25, 0.3) is 11.5 Å². The average Bonchev–Trinajstić information content (AvgIpc) is 2.52. The Hall–Kier alpha value is -1.60. The molecule has 130 valence electrons. The molecule has 3 atom stereocenters. The first-order valence-electron chi connectivity index (χ1n) is 7.33. The standard InChI is InChI=1S/C16H22F3NO3/c1-4-11(2)13(10-21)20-14(22)15(23-3,16(17,18)19)12-8-6-5-7-9-12/h5-9,11,13,21H,4,10H2,1-3H3,(H,20,22)/t11-,13+,15?/m0/s1. The fourth-order valence-electron chi connectivity index (χ4n) is 2.35. The van der Waals surface area contributed by atoms with Crippen molar-refractivity contribution in [1.29, 1.82) is 0 Å². The van der Waals surface area contributed by atoms with Gasteiger partial charge >= 0.3 is 6.18 Å². The number of aliphatic hydroxyl groups is 1. The van der Waals surface area contributed by atoms with Gasteiger partial charge in [0.15, 0.2) is 0 Å². The molecule has 1 aromatic rings. The van der Waals surface area contributed by atoms with E-state index in [1.165, 1.54) is 24.3 Å². The number of halogens is 3. The van der Waals surface area contributed by atoms with Crippen molar-refractivity contribution >= 4 is 5.91 Å². The van der Waals surface area contributed by atoms with E-state index in [4.69, 9.17) is 4.74 Å². The lowest BCUT2D eigenvalue weighted by Crippen LogP contribution is -2.58. The lowest BCUT2D eigenvalue weighted by Gasteiger charge is -2.35. The van der Waals surface area contributed by atoms with Crippen LogP contribution in [0.5, 0.6) is 0 Å². The molecule has 1 amide bonds. The van der Waals surface area contributed by atoms with Crippen LogP contribution < -0.4 is 5.32 Å². The van der Waals surface area contributed by atoms with E-state index in [1.54, 1.807) is 13.0 Å². The first-order chi connectivity index (χ1) is 10.7. The van der Waals surface area contributed by atoms with Crippen LogP contribution in [0.2, 0.25) is 0 Å². The SMILES string of the molecule is CC[C@H](C)[C@@H](CO)NC(=O)C(OC)(c1ccccc1)C(F)(F)F. The summed E-state index contributed by atoms with van der Waals surface area (Å²) in [5, 5.41) is 11.6. The number of hydrogen-bond acceptors (Lipinski definition) is 3. The Balaban J connectivity index is 3.28. The van der Waals surface area contributed by atoms with E-state index in [-0.39, 0.29) is 11.5 Å². The molecule has 4 nitrogen and oxygen atoms in total. The smallest absolute Gasteiger partial charge is 0.394 e. The highest BCUT2D eigenvalue weighted by atomic mass is 19.4. The minimum absolute atomic E-state index is 0.178.